The van der Waals surface area contributed by atoms with Gasteiger partial charge in [0, 0.05) is 32.0 Å². The zero-order chi connectivity index (χ0) is 12.5. The highest BCUT2D eigenvalue weighted by Crippen LogP contribution is 2.29. The molecule has 1 aromatic heterocycles. The minimum Gasteiger partial charge on any atom is -0.389 e. The van der Waals surface area contributed by atoms with Gasteiger partial charge in [-0.15, -0.1) is 0 Å². The standard InChI is InChI=1S/C13H20N2O2/c1-3-10-8-11(15(2)14-10)9-13(17)6-4-12(16)5-7-13/h8,17H,3-7,9H2,1-2H3. The van der Waals surface area contributed by atoms with Crippen molar-refractivity contribution in [2.75, 3.05) is 0 Å². The van der Waals surface area contributed by atoms with Crippen LogP contribution in [0.2, 0.25) is 0 Å². The number of Topliss-reactive ketones (excluding diaryl/α,β-unsaturated/α-hetero) is 1. The molecule has 4 nitrogen and oxygen atoms in total. The number of carbonyl (C=O) groups is 1. The van der Waals surface area contributed by atoms with Crippen LogP contribution in [-0.4, -0.2) is 26.3 Å². The SMILES string of the molecule is CCc1cc(CC2(O)CCC(=O)CC2)n(C)n1. The van der Waals surface area contributed by atoms with Crippen LogP contribution >= 0.6 is 0 Å². The van der Waals surface area contributed by atoms with Crippen LogP contribution in [0.15, 0.2) is 6.07 Å². The third-order valence-corrected chi connectivity index (χ3v) is 3.64. The summed E-state index contributed by atoms with van der Waals surface area (Å²) in [6.45, 7) is 2.07. The van der Waals surface area contributed by atoms with Gasteiger partial charge in [0.05, 0.1) is 11.3 Å². The number of nitrogens with zero attached hydrogens (tertiary/aromatic N) is 2. The summed E-state index contributed by atoms with van der Waals surface area (Å²) in [5.41, 5.74) is 1.39. The lowest BCUT2D eigenvalue weighted by Crippen LogP contribution is -2.37. The van der Waals surface area contributed by atoms with E-state index in [4.69, 9.17) is 0 Å². The van der Waals surface area contributed by atoms with Gasteiger partial charge < -0.3 is 5.11 Å². The molecule has 0 bridgehead atoms. The maximum absolute atomic E-state index is 11.2. The number of hydrogen-bond donors (Lipinski definition) is 1. The molecule has 1 N–H and O–H groups in total. The van der Waals surface area contributed by atoms with Crippen LogP contribution in [0.25, 0.3) is 0 Å². The van der Waals surface area contributed by atoms with Crippen molar-refractivity contribution in [3.05, 3.63) is 17.5 Å². The van der Waals surface area contributed by atoms with Gasteiger partial charge in [0.1, 0.15) is 5.78 Å². The molecule has 0 spiro atoms. The van der Waals surface area contributed by atoms with Crippen LogP contribution < -0.4 is 0 Å². The van der Waals surface area contributed by atoms with Gasteiger partial charge in [-0.25, -0.2) is 0 Å². The Morgan fingerprint density at radius 3 is 2.65 bits per heavy atom. The Kier molecular flexibility index (Phi) is 3.33. The molecule has 0 atom stereocenters. The molecular formula is C13H20N2O2. The van der Waals surface area contributed by atoms with E-state index in [9.17, 15) is 9.90 Å². The van der Waals surface area contributed by atoms with Gasteiger partial charge in [0.15, 0.2) is 0 Å². The summed E-state index contributed by atoms with van der Waals surface area (Å²) in [5.74, 6) is 0.272. The number of carbonyl (C=O) groups excluding carboxylic acids is 1. The average molecular weight is 236 g/mol. The zero-order valence-electron chi connectivity index (χ0n) is 10.6. The van der Waals surface area contributed by atoms with E-state index < -0.39 is 5.60 Å². The number of hydrogen-bond acceptors (Lipinski definition) is 3. The van der Waals surface area contributed by atoms with Crippen LogP contribution in [0.5, 0.6) is 0 Å². The topological polar surface area (TPSA) is 55.1 Å². The molecule has 0 unspecified atom stereocenters. The van der Waals surface area contributed by atoms with Crippen molar-refractivity contribution in [1.29, 1.82) is 0 Å². The molecule has 1 aromatic rings. The van der Waals surface area contributed by atoms with Crippen LogP contribution in [-0.2, 0) is 24.7 Å². The quantitative estimate of drug-likeness (QED) is 0.863. The molecular weight excluding hydrogens is 216 g/mol. The van der Waals surface area contributed by atoms with E-state index >= 15 is 0 Å². The van der Waals surface area contributed by atoms with E-state index in [0.29, 0.717) is 32.1 Å². The molecule has 0 aromatic carbocycles. The Balaban J connectivity index is 2.09. The smallest absolute Gasteiger partial charge is 0.133 e. The highest BCUT2D eigenvalue weighted by molar-refractivity contribution is 5.79. The Labute approximate surface area is 102 Å². The fraction of sp³-hybridized carbons (Fsp3) is 0.692. The summed E-state index contributed by atoms with van der Waals surface area (Å²) in [5, 5.41) is 14.8. The Morgan fingerprint density at radius 2 is 2.12 bits per heavy atom. The second-order valence-corrected chi connectivity index (χ2v) is 5.04. The largest absolute Gasteiger partial charge is 0.389 e. The molecule has 1 fully saturated rings. The predicted octanol–water partition coefficient (Wildman–Crippen LogP) is 1.40. The lowest BCUT2D eigenvalue weighted by atomic mass is 9.81. The minimum atomic E-state index is -0.716. The maximum Gasteiger partial charge on any atom is 0.133 e. The third kappa shape index (κ3) is 2.75. The molecule has 0 saturated heterocycles. The summed E-state index contributed by atoms with van der Waals surface area (Å²) in [7, 11) is 1.91. The van der Waals surface area contributed by atoms with Crippen molar-refractivity contribution >= 4 is 5.78 Å². The van der Waals surface area contributed by atoms with Crippen molar-refractivity contribution in [2.24, 2.45) is 7.05 Å². The predicted molar refractivity (Wildman–Crippen MR) is 64.7 cm³/mol. The van der Waals surface area contributed by atoms with Crippen LogP contribution in [0, 0.1) is 0 Å². The second kappa shape index (κ2) is 4.61. The van der Waals surface area contributed by atoms with Crippen molar-refractivity contribution in [3.63, 3.8) is 0 Å². The monoisotopic (exact) mass is 236 g/mol. The van der Waals surface area contributed by atoms with Gasteiger partial charge in [0.2, 0.25) is 0 Å². The van der Waals surface area contributed by atoms with E-state index in [0.717, 1.165) is 17.8 Å². The van der Waals surface area contributed by atoms with Crippen molar-refractivity contribution < 1.29 is 9.90 Å². The zero-order valence-corrected chi connectivity index (χ0v) is 10.6. The third-order valence-electron chi connectivity index (χ3n) is 3.64. The van der Waals surface area contributed by atoms with E-state index in [-0.39, 0.29) is 5.78 Å². The number of aromatic nitrogens is 2. The lowest BCUT2D eigenvalue weighted by Gasteiger charge is -2.31. The highest BCUT2D eigenvalue weighted by atomic mass is 16.3. The van der Waals surface area contributed by atoms with Gasteiger partial charge >= 0.3 is 0 Å². The summed E-state index contributed by atoms with van der Waals surface area (Å²) in [6, 6.07) is 2.05. The minimum absolute atomic E-state index is 0.272. The van der Waals surface area contributed by atoms with E-state index in [1.807, 2.05) is 17.8 Å². The first-order chi connectivity index (χ1) is 8.02. The number of aliphatic hydroxyl groups is 1. The average Bonchev–Trinajstić information content (AvgIpc) is 2.64. The van der Waals surface area contributed by atoms with Crippen LogP contribution in [0.4, 0.5) is 0 Å². The molecule has 1 aliphatic carbocycles. The van der Waals surface area contributed by atoms with Crippen LogP contribution in [0.1, 0.15) is 44.0 Å². The highest BCUT2D eigenvalue weighted by Gasteiger charge is 2.33. The van der Waals surface area contributed by atoms with Crippen molar-refractivity contribution in [1.82, 2.24) is 9.78 Å². The first kappa shape index (κ1) is 12.3. The second-order valence-electron chi connectivity index (χ2n) is 5.04. The van der Waals surface area contributed by atoms with E-state index in [2.05, 4.69) is 12.0 Å². The molecule has 0 amide bonds. The number of ketones is 1. The summed E-state index contributed by atoms with van der Waals surface area (Å²) in [4.78, 5) is 11.2. The number of aryl methyl sites for hydroxylation is 2. The Morgan fingerprint density at radius 1 is 1.47 bits per heavy atom. The van der Waals surface area contributed by atoms with Gasteiger partial charge in [-0.3, -0.25) is 9.48 Å². The van der Waals surface area contributed by atoms with Gasteiger partial charge in [-0.05, 0) is 25.3 Å². The van der Waals surface area contributed by atoms with Crippen molar-refractivity contribution in [3.8, 4) is 0 Å². The fourth-order valence-corrected chi connectivity index (χ4v) is 2.42. The molecule has 1 aliphatic rings. The summed E-state index contributed by atoms with van der Waals surface area (Å²) >= 11 is 0. The normalized spacial score (nSPS) is 19.6. The van der Waals surface area contributed by atoms with Crippen molar-refractivity contribution in [2.45, 2.75) is 51.0 Å². The van der Waals surface area contributed by atoms with E-state index in [1.165, 1.54) is 0 Å². The molecule has 2 rings (SSSR count). The lowest BCUT2D eigenvalue weighted by molar-refractivity contribution is -0.125. The molecule has 1 saturated carbocycles. The molecule has 94 valence electrons. The fourth-order valence-electron chi connectivity index (χ4n) is 2.42. The first-order valence-electron chi connectivity index (χ1n) is 6.28. The Bertz CT molecular complexity index is 413. The molecule has 17 heavy (non-hydrogen) atoms. The maximum atomic E-state index is 11.2. The first-order valence-corrected chi connectivity index (χ1v) is 6.28. The van der Waals surface area contributed by atoms with Crippen LogP contribution in [0.3, 0.4) is 0 Å². The molecule has 0 radical (unpaired) electrons. The van der Waals surface area contributed by atoms with Gasteiger partial charge in [-0.2, -0.15) is 5.10 Å². The Hall–Kier alpha value is -1.16. The van der Waals surface area contributed by atoms with Gasteiger partial charge in [-0.1, -0.05) is 6.92 Å². The molecule has 1 heterocycles. The van der Waals surface area contributed by atoms with E-state index in [1.54, 1.807) is 0 Å². The molecule has 0 aliphatic heterocycles. The summed E-state index contributed by atoms with van der Waals surface area (Å²) in [6.07, 6.45) is 3.69. The number of rotatable bonds is 3. The van der Waals surface area contributed by atoms with Gasteiger partial charge in [0.25, 0.3) is 0 Å². The summed E-state index contributed by atoms with van der Waals surface area (Å²) < 4.78 is 1.84. The molecule has 4 heteroatoms.